The maximum atomic E-state index is 8.55. The third-order valence-electron chi connectivity index (χ3n) is 11.6. The smallest absolute Gasteiger partial charge is 0.0635 e. The second kappa shape index (κ2) is 12.6. The van der Waals surface area contributed by atoms with Crippen molar-refractivity contribution in [1.29, 1.82) is 5.41 Å². The molecule has 1 aliphatic carbocycles. The Bertz CT molecular complexity index is 2830. The van der Waals surface area contributed by atoms with Gasteiger partial charge in [-0.3, -0.25) is 0 Å². The summed E-state index contributed by atoms with van der Waals surface area (Å²) in [4.78, 5) is 2.41. The van der Waals surface area contributed by atoms with E-state index in [9.17, 15) is 0 Å². The van der Waals surface area contributed by atoms with Crippen LogP contribution in [0.3, 0.4) is 0 Å². The fraction of sp³-hybridized carbons (Fsp3) is 0.0784. The first kappa shape index (κ1) is 31.2. The van der Waals surface area contributed by atoms with Crippen LogP contribution < -0.4 is 4.90 Å². The molecule has 1 N–H and O–H groups in total. The average Bonchev–Trinajstić information content (AvgIpc) is 3.55. The van der Waals surface area contributed by atoms with Crippen molar-refractivity contribution >= 4 is 60.6 Å². The van der Waals surface area contributed by atoms with Crippen LogP contribution in [0.2, 0.25) is 0 Å². The molecule has 0 saturated carbocycles. The van der Waals surface area contributed by atoms with Crippen LogP contribution in [-0.2, 0) is 0 Å². The predicted octanol–water partition coefficient (Wildman–Crippen LogP) is 13.4. The predicted molar refractivity (Wildman–Crippen MR) is 227 cm³/mol. The number of rotatable bonds is 6. The highest BCUT2D eigenvalue weighted by atomic mass is 15.2. The number of nitrogens with zero attached hydrogens (tertiary/aromatic N) is 1. The Labute approximate surface area is 310 Å². The van der Waals surface area contributed by atoms with Crippen LogP contribution in [0, 0.1) is 11.3 Å². The highest BCUT2D eigenvalue weighted by Gasteiger charge is 2.39. The van der Waals surface area contributed by atoms with Gasteiger partial charge in [0, 0.05) is 23.5 Å². The fourth-order valence-corrected chi connectivity index (χ4v) is 9.24. The van der Waals surface area contributed by atoms with E-state index in [2.05, 4.69) is 175 Å². The zero-order chi connectivity index (χ0) is 35.5. The standard InChI is InChI=1S/C51H38N2/c1-2-48-47(32-52)45-30-36(27-29-49(45)53(48)37-18-4-3-5-19-37)35-26-28-44-46(31-35)51(41-25-13-17-34-15-7-9-21-39(34)41)43-23-11-10-22-42(43)50(44)40-24-12-16-33-14-6-8-20-38(33)40/h2-26,28,30-32,47-48,52H,1,27,29H2. The molecule has 0 radical (unpaired) electrons. The van der Waals surface area contributed by atoms with Crippen molar-refractivity contribution in [1.82, 2.24) is 0 Å². The Morgan fingerprint density at radius 2 is 1.09 bits per heavy atom. The van der Waals surface area contributed by atoms with Gasteiger partial charge < -0.3 is 10.3 Å². The molecule has 0 bridgehead atoms. The van der Waals surface area contributed by atoms with E-state index >= 15 is 0 Å². The molecular weight excluding hydrogens is 641 g/mol. The van der Waals surface area contributed by atoms with Gasteiger partial charge in [0.1, 0.15) is 0 Å². The van der Waals surface area contributed by atoms with Crippen molar-refractivity contribution < 1.29 is 0 Å². The lowest BCUT2D eigenvalue weighted by atomic mass is 9.81. The molecule has 1 aliphatic heterocycles. The second-order valence-corrected chi connectivity index (χ2v) is 14.3. The van der Waals surface area contributed by atoms with Gasteiger partial charge in [0.25, 0.3) is 0 Å². The van der Waals surface area contributed by atoms with E-state index in [0.29, 0.717) is 0 Å². The van der Waals surface area contributed by atoms with E-state index in [4.69, 9.17) is 5.41 Å². The first-order valence-electron chi connectivity index (χ1n) is 18.6. The molecule has 0 fully saturated rings. The summed E-state index contributed by atoms with van der Waals surface area (Å²) in [5.74, 6) is -0.0494. The summed E-state index contributed by atoms with van der Waals surface area (Å²) in [5, 5.41) is 18.6. The summed E-state index contributed by atoms with van der Waals surface area (Å²) in [7, 11) is 0. The van der Waals surface area contributed by atoms with Crippen molar-refractivity contribution in [3.63, 3.8) is 0 Å². The molecular formula is C51H38N2. The summed E-state index contributed by atoms with van der Waals surface area (Å²) < 4.78 is 0. The van der Waals surface area contributed by atoms with E-state index in [-0.39, 0.29) is 12.0 Å². The summed E-state index contributed by atoms with van der Waals surface area (Å²) in [6.07, 6.45) is 7.86. The topological polar surface area (TPSA) is 27.1 Å². The monoisotopic (exact) mass is 678 g/mol. The van der Waals surface area contributed by atoms with Gasteiger partial charge in [-0.05, 0) is 113 Å². The maximum absolute atomic E-state index is 8.55. The molecule has 2 heteroatoms. The number of anilines is 1. The maximum Gasteiger partial charge on any atom is 0.0635 e. The number of benzene rings is 8. The lowest BCUT2D eigenvalue weighted by molar-refractivity contribution is 0.725. The van der Waals surface area contributed by atoms with Gasteiger partial charge in [0.15, 0.2) is 0 Å². The van der Waals surface area contributed by atoms with Crippen molar-refractivity contribution in [2.24, 2.45) is 5.92 Å². The molecule has 8 aromatic rings. The molecule has 252 valence electrons. The van der Waals surface area contributed by atoms with Crippen LogP contribution in [0.1, 0.15) is 18.4 Å². The molecule has 2 unspecified atom stereocenters. The molecule has 1 heterocycles. The normalized spacial score (nSPS) is 17.1. The molecule has 0 spiro atoms. The van der Waals surface area contributed by atoms with E-state index in [1.54, 1.807) is 6.21 Å². The van der Waals surface area contributed by atoms with Crippen LogP contribution in [0.25, 0.3) is 70.9 Å². The van der Waals surface area contributed by atoms with Crippen molar-refractivity contribution in [3.05, 3.63) is 193 Å². The molecule has 0 saturated heterocycles. The summed E-state index contributed by atoms with van der Waals surface area (Å²) >= 11 is 0. The first-order valence-corrected chi connectivity index (χ1v) is 18.6. The largest absolute Gasteiger partial charge is 0.337 e. The summed E-state index contributed by atoms with van der Waals surface area (Å²) in [6, 6.07) is 57.7. The third kappa shape index (κ3) is 4.90. The number of hydrogen-bond donors (Lipinski definition) is 1. The molecule has 2 nitrogen and oxygen atoms in total. The Balaban J connectivity index is 1.26. The Morgan fingerprint density at radius 3 is 1.72 bits per heavy atom. The van der Waals surface area contributed by atoms with Gasteiger partial charge in [-0.2, -0.15) is 0 Å². The minimum absolute atomic E-state index is 0.0136. The number of hydrogen-bond acceptors (Lipinski definition) is 2. The highest BCUT2D eigenvalue weighted by molar-refractivity contribution is 6.25. The van der Waals surface area contributed by atoms with Crippen LogP contribution in [0.15, 0.2) is 188 Å². The molecule has 2 aliphatic rings. The van der Waals surface area contributed by atoms with Gasteiger partial charge in [0.2, 0.25) is 0 Å². The van der Waals surface area contributed by atoms with Gasteiger partial charge >= 0.3 is 0 Å². The van der Waals surface area contributed by atoms with Crippen molar-refractivity contribution in [2.45, 2.75) is 18.9 Å². The third-order valence-corrected chi connectivity index (χ3v) is 11.6. The zero-order valence-corrected chi connectivity index (χ0v) is 29.5. The van der Waals surface area contributed by atoms with Gasteiger partial charge in [0.05, 0.1) is 6.04 Å². The minimum atomic E-state index is -0.0494. The Kier molecular flexibility index (Phi) is 7.44. The molecule has 8 aromatic carbocycles. The van der Waals surface area contributed by atoms with Gasteiger partial charge in [-0.15, -0.1) is 6.58 Å². The highest BCUT2D eigenvalue weighted by Crippen LogP contribution is 2.49. The Hall–Kier alpha value is -6.51. The molecule has 0 amide bonds. The molecule has 53 heavy (non-hydrogen) atoms. The minimum Gasteiger partial charge on any atom is -0.337 e. The lowest BCUT2D eigenvalue weighted by Gasteiger charge is -2.30. The summed E-state index contributed by atoms with van der Waals surface area (Å²) in [5.41, 5.74) is 11.3. The number of para-hydroxylation sites is 1. The molecule has 10 rings (SSSR count). The van der Waals surface area contributed by atoms with E-state index < -0.39 is 0 Å². The van der Waals surface area contributed by atoms with Crippen molar-refractivity contribution in [3.8, 4) is 22.3 Å². The Morgan fingerprint density at radius 1 is 0.547 bits per heavy atom. The van der Waals surface area contributed by atoms with Gasteiger partial charge in [-0.1, -0.05) is 152 Å². The number of nitrogens with one attached hydrogen (secondary N) is 1. The van der Waals surface area contributed by atoms with E-state index in [0.717, 1.165) is 18.5 Å². The number of allylic oxidation sites excluding steroid dienone is 3. The van der Waals surface area contributed by atoms with Crippen LogP contribution in [0.5, 0.6) is 0 Å². The van der Waals surface area contributed by atoms with E-state index in [1.807, 2.05) is 6.08 Å². The molecule has 2 atom stereocenters. The van der Waals surface area contributed by atoms with E-state index in [1.165, 1.54) is 87.8 Å². The first-order chi connectivity index (χ1) is 26.2. The molecule has 0 aromatic heterocycles. The quantitative estimate of drug-likeness (QED) is 0.106. The number of fused-ring (bicyclic) bond motifs is 4. The average molecular weight is 679 g/mol. The zero-order valence-electron chi connectivity index (χ0n) is 29.5. The fourth-order valence-electron chi connectivity index (χ4n) is 9.24. The van der Waals surface area contributed by atoms with Crippen LogP contribution in [-0.4, -0.2) is 12.3 Å². The SMILES string of the molecule is C=CC1C(C=N)C2=C(CCC(c3ccc4c(-c5cccc6ccccc56)c5ccccc5c(-c5cccc6ccccc56)c4c3)=C2)N1c1ccccc1. The second-order valence-electron chi connectivity index (χ2n) is 14.3. The van der Waals surface area contributed by atoms with Crippen molar-refractivity contribution in [2.75, 3.05) is 4.90 Å². The summed E-state index contributed by atoms with van der Waals surface area (Å²) in [6.45, 7) is 4.23. The van der Waals surface area contributed by atoms with Crippen LogP contribution in [0.4, 0.5) is 5.69 Å². The lowest BCUT2D eigenvalue weighted by Crippen LogP contribution is -2.32. The van der Waals surface area contributed by atoms with Crippen LogP contribution >= 0.6 is 0 Å². The van der Waals surface area contributed by atoms with Gasteiger partial charge in [-0.25, -0.2) is 0 Å².